The van der Waals surface area contributed by atoms with Crippen molar-refractivity contribution in [3.8, 4) is 0 Å². The van der Waals surface area contributed by atoms with Crippen LogP contribution < -0.4 is 0 Å². The Morgan fingerprint density at radius 1 is 1.25 bits per heavy atom. The van der Waals surface area contributed by atoms with Crippen LogP contribution in [0.3, 0.4) is 0 Å². The Bertz CT molecular complexity index is 107. The zero-order valence-electron chi connectivity index (χ0n) is 5.61. The molecule has 0 aromatic rings. The zero-order valence-corrected chi connectivity index (χ0v) is 5.61. The van der Waals surface area contributed by atoms with Gasteiger partial charge in [0.2, 0.25) is 0 Å². The third-order valence-corrected chi connectivity index (χ3v) is 3.35. The van der Waals surface area contributed by atoms with Crippen molar-refractivity contribution in [3.05, 3.63) is 0 Å². The Kier molecular flexibility index (Phi) is 0.778. The highest BCUT2D eigenvalue weighted by Crippen LogP contribution is 2.56. The average Bonchev–Trinajstić information content (AvgIpc) is 1.94. The minimum Gasteiger partial charge on any atom is -0.0594 e. The molecule has 0 amide bonds. The second-order valence-corrected chi connectivity index (χ2v) is 3.78. The van der Waals surface area contributed by atoms with Gasteiger partial charge < -0.3 is 0 Å². The van der Waals surface area contributed by atoms with Crippen LogP contribution in [-0.2, 0) is 0 Å². The molecular formula is C8H14. The first-order valence-electron chi connectivity index (χ1n) is 3.81. The van der Waals surface area contributed by atoms with Crippen molar-refractivity contribution in [1.29, 1.82) is 0 Å². The Morgan fingerprint density at radius 2 is 2.12 bits per heavy atom. The summed E-state index contributed by atoms with van der Waals surface area (Å²) in [6.45, 7) is 2.47. The van der Waals surface area contributed by atoms with Crippen molar-refractivity contribution in [1.82, 2.24) is 0 Å². The summed E-state index contributed by atoms with van der Waals surface area (Å²) in [6, 6.07) is 0. The van der Waals surface area contributed by atoms with Crippen molar-refractivity contribution >= 4 is 0 Å². The number of hydrogen-bond donors (Lipinski definition) is 0. The van der Waals surface area contributed by atoms with E-state index in [9.17, 15) is 0 Å². The lowest BCUT2D eigenvalue weighted by molar-refractivity contribution is 0.0882. The first kappa shape index (κ1) is 4.84. The van der Waals surface area contributed by atoms with Crippen molar-refractivity contribution < 1.29 is 0 Å². The van der Waals surface area contributed by atoms with Gasteiger partial charge in [-0.1, -0.05) is 13.3 Å². The molecule has 2 rings (SSSR count). The van der Waals surface area contributed by atoms with Gasteiger partial charge in [-0.25, -0.2) is 0 Å². The van der Waals surface area contributed by atoms with Gasteiger partial charge in [0.05, 0.1) is 0 Å². The molecule has 0 heteroatoms. The third-order valence-electron chi connectivity index (χ3n) is 3.35. The summed E-state index contributed by atoms with van der Waals surface area (Å²) in [5, 5.41) is 0. The lowest BCUT2D eigenvalue weighted by atomic mass is 9.64. The summed E-state index contributed by atoms with van der Waals surface area (Å²) in [4.78, 5) is 0. The minimum absolute atomic E-state index is 0.833. The molecule has 0 spiro atoms. The van der Waals surface area contributed by atoms with Crippen LogP contribution in [0.2, 0.25) is 0 Å². The molecule has 2 aliphatic carbocycles. The van der Waals surface area contributed by atoms with E-state index in [1.54, 1.807) is 0 Å². The van der Waals surface area contributed by atoms with Crippen LogP contribution in [0.15, 0.2) is 0 Å². The predicted octanol–water partition coefficient (Wildman–Crippen LogP) is 2.59. The van der Waals surface area contributed by atoms with E-state index in [2.05, 4.69) is 6.92 Å². The van der Waals surface area contributed by atoms with Gasteiger partial charge in [0.25, 0.3) is 0 Å². The predicted molar refractivity (Wildman–Crippen MR) is 34.7 cm³/mol. The molecule has 0 bridgehead atoms. The normalized spacial score (nSPS) is 52.9. The molecule has 8 heavy (non-hydrogen) atoms. The van der Waals surface area contributed by atoms with Gasteiger partial charge >= 0.3 is 0 Å². The van der Waals surface area contributed by atoms with Crippen LogP contribution in [0.25, 0.3) is 0 Å². The average molecular weight is 110 g/mol. The molecule has 2 atom stereocenters. The SMILES string of the molecule is C[C@]12CCC[C@H]1CC2. The molecule has 0 unspecified atom stereocenters. The third kappa shape index (κ3) is 0.416. The summed E-state index contributed by atoms with van der Waals surface area (Å²) in [5.41, 5.74) is 0.833. The molecule has 0 N–H and O–H groups in total. The fourth-order valence-corrected chi connectivity index (χ4v) is 2.42. The summed E-state index contributed by atoms with van der Waals surface area (Å²) < 4.78 is 0. The van der Waals surface area contributed by atoms with E-state index in [1.807, 2.05) is 0 Å². The van der Waals surface area contributed by atoms with Crippen LogP contribution in [0, 0.1) is 11.3 Å². The molecule has 0 nitrogen and oxygen atoms in total. The maximum Gasteiger partial charge on any atom is -0.0297 e. The van der Waals surface area contributed by atoms with E-state index in [0.29, 0.717) is 0 Å². The molecule has 2 saturated carbocycles. The highest BCUT2D eigenvalue weighted by molar-refractivity contribution is 4.96. The van der Waals surface area contributed by atoms with Crippen molar-refractivity contribution in [2.24, 2.45) is 11.3 Å². The molecule has 2 aliphatic rings. The Morgan fingerprint density at radius 3 is 2.38 bits per heavy atom. The molecular weight excluding hydrogens is 96.1 g/mol. The van der Waals surface area contributed by atoms with Gasteiger partial charge in [-0.3, -0.25) is 0 Å². The van der Waals surface area contributed by atoms with Crippen LogP contribution in [0.1, 0.15) is 39.0 Å². The quantitative estimate of drug-likeness (QED) is 0.449. The monoisotopic (exact) mass is 110 g/mol. The summed E-state index contributed by atoms with van der Waals surface area (Å²) in [7, 11) is 0. The molecule has 0 aromatic carbocycles. The summed E-state index contributed by atoms with van der Waals surface area (Å²) in [6.07, 6.45) is 7.64. The molecule has 0 heterocycles. The van der Waals surface area contributed by atoms with Gasteiger partial charge in [0.1, 0.15) is 0 Å². The molecule has 0 radical (unpaired) electrons. The standard InChI is InChI=1S/C8H14/c1-8-5-2-3-7(8)4-6-8/h7H,2-6H2,1H3/t7-,8+/m0/s1. The van der Waals surface area contributed by atoms with Crippen LogP contribution in [0.5, 0.6) is 0 Å². The van der Waals surface area contributed by atoms with Gasteiger partial charge in [0.15, 0.2) is 0 Å². The minimum atomic E-state index is 0.833. The molecule has 2 fully saturated rings. The lowest BCUT2D eigenvalue weighted by Crippen LogP contribution is -2.31. The summed E-state index contributed by atoms with van der Waals surface area (Å²) >= 11 is 0. The van der Waals surface area contributed by atoms with Crippen molar-refractivity contribution in [2.75, 3.05) is 0 Å². The van der Waals surface area contributed by atoms with Gasteiger partial charge in [-0.15, -0.1) is 0 Å². The smallest absolute Gasteiger partial charge is 0.0297 e. The van der Waals surface area contributed by atoms with E-state index in [4.69, 9.17) is 0 Å². The molecule has 0 saturated heterocycles. The fraction of sp³-hybridized carbons (Fsp3) is 1.00. The molecule has 0 aliphatic heterocycles. The Labute approximate surface area is 51.3 Å². The largest absolute Gasteiger partial charge is 0.0594 e. The lowest BCUT2D eigenvalue weighted by Gasteiger charge is -2.42. The number of hydrogen-bond acceptors (Lipinski definition) is 0. The maximum absolute atomic E-state index is 2.47. The number of rotatable bonds is 0. The first-order valence-corrected chi connectivity index (χ1v) is 3.81. The van der Waals surface area contributed by atoms with Crippen molar-refractivity contribution in [3.63, 3.8) is 0 Å². The van der Waals surface area contributed by atoms with Crippen molar-refractivity contribution in [2.45, 2.75) is 39.0 Å². The van der Waals surface area contributed by atoms with Gasteiger partial charge in [-0.2, -0.15) is 0 Å². The van der Waals surface area contributed by atoms with Crippen LogP contribution in [-0.4, -0.2) is 0 Å². The van der Waals surface area contributed by atoms with E-state index in [-0.39, 0.29) is 0 Å². The maximum atomic E-state index is 2.47. The number of fused-ring (bicyclic) bond motifs is 1. The highest BCUT2D eigenvalue weighted by Gasteiger charge is 2.45. The summed E-state index contributed by atoms with van der Waals surface area (Å²) in [5.74, 6) is 1.14. The van der Waals surface area contributed by atoms with Gasteiger partial charge in [0, 0.05) is 0 Å². The Hall–Kier alpha value is 0. The van der Waals surface area contributed by atoms with E-state index >= 15 is 0 Å². The second kappa shape index (κ2) is 1.29. The first-order chi connectivity index (χ1) is 3.81. The van der Waals surface area contributed by atoms with Crippen LogP contribution >= 0.6 is 0 Å². The highest BCUT2D eigenvalue weighted by atomic mass is 14.5. The second-order valence-electron chi connectivity index (χ2n) is 3.78. The van der Waals surface area contributed by atoms with Crippen LogP contribution in [0.4, 0.5) is 0 Å². The zero-order chi connectivity index (χ0) is 5.61. The Balaban J connectivity index is 2.14. The topological polar surface area (TPSA) is 0 Å². The fourth-order valence-electron chi connectivity index (χ4n) is 2.42. The molecule has 0 aromatic heterocycles. The molecule has 46 valence electrons. The van der Waals surface area contributed by atoms with E-state index in [0.717, 1.165) is 11.3 Å². The van der Waals surface area contributed by atoms with E-state index < -0.39 is 0 Å². The van der Waals surface area contributed by atoms with E-state index in [1.165, 1.54) is 32.1 Å². The van der Waals surface area contributed by atoms with Gasteiger partial charge in [-0.05, 0) is 37.0 Å².